The first kappa shape index (κ1) is 32.5. The van der Waals surface area contributed by atoms with E-state index in [-0.39, 0.29) is 30.5 Å². The highest BCUT2D eigenvalue weighted by Crippen LogP contribution is 2.49. The fourth-order valence-corrected chi connectivity index (χ4v) is 9.58. The van der Waals surface area contributed by atoms with E-state index in [9.17, 15) is 0 Å². The van der Waals surface area contributed by atoms with Gasteiger partial charge in [0.1, 0.15) is 23.0 Å². The molecule has 4 unspecified atom stereocenters. The molecule has 4 atom stereocenters. The summed E-state index contributed by atoms with van der Waals surface area (Å²) in [6.45, 7) is 0. The maximum atomic E-state index is 6.93. The average Bonchev–Trinajstić information content (AvgIpc) is 3.96. The summed E-state index contributed by atoms with van der Waals surface area (Å²) >= 11 is 0. The molecular weight excluding hydrogens is 701 g/mol. The molecule has 0 radical (unpaired) electrons. The van der Waals surface area contributed by atoms with Gasteiger partial charge in [0.05, 0.1) is 40.6 Å². The first-order valence-corrected chi connectivity index (χ1v) is 19.8. The Bertz CT molecular complexity index is 2970. The molecule has 0 saturated carbocycles. The number of rotatable bonds is 5. The Labute approximate surface area is 329 Å². The Morgan fingerprint density at radius 2 is 1.18 bits per heavy atom. The van der Waals surface area contributed by atoms with E-state index in [0.29, 0.717) is 0 Å². The van der Waals surface area contributed by atoms with Crippen LogP contribution in [0.15, 0.2) is 186 Å². The lowest BCUT2D eigenvalue weighted by Crippen LogP contribution is -2.54. The number of nitrogens with zero attached hydrogens (tertiary/aromatic N) is 1. The van der Waals surface area contributed by atoms with Gasteiger partial charge in [-0.3, -0.25) is 16.0 Å². The van der Waals surface area contributed by atoms with Gasteiger partial charge in [-0.15, -0.1) is 0 Å². The molecule has 3 N–H and O–H groups in total. The first-order chi connectivity index (χ1) is 28.3. The van der Waals surface area contributed by atoms with E-state index in [1.807, 2.05) is 0 Å². The van der Waals surface area contributed by atoms with Crippen molar-refractivity contribution in [2.75, 3.05) is 0 Å². The molecule has 1 saturated heterocycles. The van der Waals surface area contributed by atoms with Crippen molar-refractivity contribution in [3.63, 3.8) is 0 Å². The SMILES string of the molecule is C1=CC2c3c(cccc3C3NC(c4ccccc4)NC(c4ccccc4)N3)OC2C(c2ccc3c(c2)oc2cccc(-n4c5ccccc5c5ccccc54)c23)=C1. The Hall–Kier alpha value is -6.70. The van der Waals surface area contributed by atoms with Crippen LogP contribution >= 0.6 is 0 Å². The van der Waals surface area contributed by atoms with E-state index in [2.05, 4.69) is 203 Å². The zero-order valence-electron chi connectivity index (χ0n) is 31.0. The quantitative estimate of drug-likeness (QED) is 0.164. The summed E-state index contributed by atoms with van der Waals surface area (Å²) in [4.78, 5) is 0. The molecule has 2 aliphatic heterocycles. The zero-order valence-corrected chi connectivity index (χ0v) is 31.0. The van der Waals surface area contributed by atoms with Crippen molar-refractivity contribution < 1.29 is 9.15 Å². The van der Waals surface area contributed by atoms with Gasteiger partial charge in [-0.05, 0) is 64.7 Å². The first-order valence-electron chi connectivity index (χ1n) is 19.8. The Balaban J connectivity index is 0.912. The van der Waals surface area contributed by atoms with Crippen LogP contribution in [0.3, 0.4) is 0 Å². The van der Waals surface area contributed by atoms with Crippen molar-refractivity contribution in [1.29, 1.82) is 0 Å². The van der Waals surface area contributed by atoms with E-state index < -0.39 is 0 Å². The lowest BCUT2D eigenvalue weighted by atomic mass is 9.82. The standard InChI is InChI=1S/C51H38N4O2/c1-3-14-31(15-4-1)49-52-50(32-16-5-2-6-17-32)54-51(53-49)39-22-12-26-43-46(39)38-21-11-20-34(48(38)57-43)33-28-29-37-45(30-33)56-44-27-13-25-42(47(37)44)55-40-23-9-7-18-35(40)36-19-8-10-24-41(36)55/h1-30,38,48-54H. The predicted octanol–water partition coefficient (Wildman–Crippen LogP) is 11.4. The molecule has 7 aromatic carbocycles. The van der Waals surface area contributed by atoms with Crippen molar-refractivity contribution in [3.8, 4) is 11.4 Å². The number of nitrogens with one attached hydrogen (secondary N) is 3. The van der Waals surface area contributed by atoms with Crippen LogP contribution in [0.2, 0.25) is 0 Å². The summed E-state index contributed by atoms with van der Waals surface area (Å²) in [6, 6.07) is 58.1. The third-order valence-corrected chi connectivity index (χ3v) is 12.1. The zero-order chi connectivity index (χ0) is 37.5. The number of para-hydroxylation sites is 2. The minimum atomic E-state index is -0.169. The van der Waals surface area contributed by atoms with Crippen LogP contribution in [-0.2, 0) is 0 Å². The third kappa shape index (κ3) is 5.15. The number of hydrogen-bond donors (Lipinski definition) is 3. The molecule has 6 nitrogen and oxygen atoms in total. The molecule has 0 amide bonds. The van der Waals surface area contributed by atoms with E-state index in [4.69, 9.17) is 9.15 Å². The lowest BCUT2D eigenvalue weighted by Gasteiger charge is -2.40. The number of aromatic nitrogens is 1. The van der Waals surface area contributed by atoms with Gasteiger partial charge in [-0.1, -0.05) is 140 Å². The monoisotopic (exact) mass is 738 g/mol. The molecule has 4 heterocycles. The van der Waals surface area contributed by atoms with Gasteiger partial charge in [0.2, 0.25) is 0 Å². The third-order valence-electron chi connectivity index (χ3n) is 12.1. The van der Waals surface area contributed by atoms with Crippen molar-refractivity contribution in [2.24, 2.45) is 0 Å². The second kappa shape index (κ2) is 12.9. The number of hydrogen-bond acceptors (Lipinski definition) is 5. The van der Waals surface area contributed by atoms with Crippen molar-refractivity contribution in [2.45, 2.75) is 30.5 Å². The van der Waals surface area contributed by atoms with E-state index >= 15 is 0 Å². The summed E-state index contributed by atoms with van der Waals surface area (Å²) in [6.07, 6.45) is 6.29. The Morgan fingerprint density at radius 1 is 0.526 bits per heavy atom. The lowest BCUT2D eigenvalue weighted by molar-refractivity contribution is 0.202. The molecular formula is C51H38N4O2. The Kier molecular flexibility index (Phi) is 7.38. The molecule has 3 aliphatic rings. The van der Waals surface area contributed by atoms with Gasteiger partial charge in [-0.2, -0.15) is 0 Å². The molecule has 0 spiro atoms. The number of furan rings is 1. The number of allylic oxidation sites excluding steroid dienone is 2. The van der Waals surface area contributed by atoms with Gasteiger partial charge in [0.15, 0.2) is 0 Å². The maximum Gasteiger partial charge on any atom is 0.137 e. The molecule has 12 rings (SSSR count). The smallest absolute Gasteiger partial charge is 0.137 e. The minimum absolute atomic E-state index is 0.0494. The molecule has 1 fully saturated rings. The van der Waals surface area contributed by atoms with Gasteiger partial charge in [0.25, 0.3) is 0 Å². The normalized spacial score (nSPS) is 21.5. The maximum absolute atomic E-state index is 6.93. The summed E-state index contributed by atoms with van der Waals surface area (Å²) in [5.41, 5.74) is 12.2. The Morgan fingerprint density at radius 3 is 1.89 bits per heavy atom. The molecule has 9 aromatic rings. The second-order valence-corrected chi connectivity index (χ2v) is 15.3. The van der Waals surface area contributed by atoms with Crippen molar-refractivity contribution >= 4 is 49.3 Å². The number of benzene rings is 7. The van der Waals surface area contributed by atoms with Crippen LogP contribution in [-0.4, -0.2) is 10.7 Å². The van der Waals surface area contributed by atoms with E-state index in [1.165, 1.54) is 44.1 Å². The van der Waals surface area contributed by atoms with Crippen LogP contribution in [0.25, 0.3) is 55.0 Å². The van der Waals surface area contributed by atoms with Crippen LogP contribution in [0.1, 0.15) is 52.2 Å². The average molecular weight is 739 g/mol. The van der Waals surface area contributed by atoms with Gasteiger partial charge in [-0.25, -0.2) is 0 Å². The largest absolute Gasteiger partial charge is 0.484 e. The van der Waals surface area contributed by atoms with Crippen LogP contribution < -0.4 is 20.7 Å². The van der Waals surface area contributed by atoms with Crippen molar-refractivity contribution in [1.82, 2.24) is 20.5 Å². The molecule has 2 aromatic heterocycles. The summed E-state index contributed by atoms with van der Waals surface area (Å²) < 4.78 is 16.0. The van der Waals surface area contributed by atoms with Crippen molar-refractivity contribution in [3.05, 3.63) is 210 Å². The molecule has 1 aliphatic carbocycles. The fourth-order valence-electron chi connectivity index (χ4n) is 9.58. The van der Waals surface area contributed by atoms with Crippen LogP contribution in [0.4, 0.5) is 0 Å². The van der Waals surface area contributed by atoms with E-state index in [1.54, 1.807) is 0 Å². The van der Waals surface area contributed by atoms with Crippen LogP contribution in [0, 0.1) is 0 Å². The fraction of sp³-hybridized carbons (Fsp3) is 0.0980. The number of fused-ring (bicyclic) bond motifs is 9. The summed E-state index contributed by atoms with van der Waals surface area (Å²) in [7, 11) is 0. The van der Waals surface area contributed by atoms with E-state index in [0.717, 1.165) is 44.5 Å². The topological polar surface area (TPSA) is 63.4 Å². The molecule has 0 bridgehead atoms. The molecule has 57 heavy (non-hydrogen) atoms. The molecule has 274 valence electrons. The van der Waals surface area contributed by atoms with Gasteiger partial charge in [0, 0.05) is 33.2 Å². The van der Waals surface area contributed by atoms with Gasteiger partial charge < -0.3 is 13.7 Å². The molecule has 6 heteroatoms. The van der Waals surface area contributed by atoms with Gasteiger partial charge >= 0.3 is 0 Å². The van der Waals surface area contributed by atoms with Crippen LogP contribution in [0.5, 0.6) is 5.75 Å². The number of ether oxygens (including phenoxy) is 1. The highest BCUT2D eigenvalue weighted by Gasteiger charge is 2.41. The highest BCUT2D eigenvalue weighted by atomic mass is 16.5. The highest BCUT2D eigenvalue weighted by molar-refractivity contribution is 6.14. The predicted molar refractivity (Wildman–Crippen MR) is 229 cm³/mol. The second-order valence-electron chi connectivity index (χ2n) is 15.3. The summed E-state index contributed by atoms with van der Waals surface area (Å²) in [5, 5.41) is 16.3. The summed E-state index contributed by atoms with van der Waals surface area (Å²) in [5.74, 6) is 0.976. The minimum Gasteiger partial charge on any atom is -0.484 e.